The Bertz CT molecular complexity index is 851. The number of nitrogens with one attached hydrogen (secondary N) is 2. The maximum atomic E-state index is 12.3. The van der Waals surface area contributed by atoms with E-state index >= 15 is 0 Å². The number of rotatable bonds is 7. The molecule has 24 heavy (non-hydrogen) atoms. The largest absolute Gasteiger partial charge is 0.464 e. The normalized spacial score (nSPS) is 15.1. The first-order chi connectivity index (χ1) is 11.4. The van der Waals surface area contributed by atoms with Gasteiger partial charge in [0.25, 0.3) is 0 Å². The lowest BCUT2D eigenvalue weighted by molar-refractivity contribution is -0.122. The van der Waals surface area contributed by atoms with Gasteiger partial charge in [-0.1, -0.05) is 0 Å². The van der Waals surface area contributed by atoms with Gasteiger partial charge in [-0.3, -0.25) is 4.79 Å². The quantitative estimate of drug-likeness (QED) is 0.801. The second-order valence-electron chi connectivity index (χ2n) is 6.51. The zero-order valence-corrected chi connectivity index (χ0v) is 14.7. The zero-order chi connectivity index (χ0) is 17.3. The highest BCUT2D eigenvalue weighted by molar-refractivity contribution is 7.89. The van der Waals surface area contributed by atoms with Gasteiger partial charge in [-0.15, -0.1) is 0 Å². The average molecular weight is 350 g/mol. The summed E-state index contributed by atoms with van der Waals surface area (Å²) in [5, 5.41) is 3.67. The van der Waals surface area contributed by atoms with Crippen LogP contribution in [0.4, 0.5) is 0 Å². The van der Waals surface area contributed by atoms with E-state index in [-0.39, 0.29) is 22.8 Å². The summed E-state index contributed by atoms with van der Waals surface area (Å²) >= 11 is 0. The van der Waals surface area contributed by atoms with E-state index in [0.717, 1.165) is 23.8 Å². The summed E-state index contributed by atoms with van der Waals surface area (Å²) in [6.07, 6.45) is 4.18. The van der Waals surface area contributed by atoms with E-state index in [4.69, 9.17) is 4.42 Å². The molecule has 7 heteroatoms. The molecule has 0 bridgehead atoms. The summed E-state index contributed by atoms with van der Waals surface area (Å²) < 4.78 is 32.7. The Balaban J connectivity index is 1.77. The molecule has 1 amide bonds. The van der Waals surface area contributed by atoms with Crippen molar-refractivity contribution in [3.8, 4) is 0 Å². The van der Waals surface area contributed by atoms with Gasteiger partial charge in [0.15, 0.2) is 0 Å². The zero-order valence-electron chi connectivity index (χ0n) is 13.8. The van der Waals surface area contributed by atoms with Crippen molar-refractivity contribution in [2.24, 2.45) is 5.92 Å². The lowest BCUT2D eigenvalue weighted by atomic mass is 10.1. The fourth-order valence-electron chi connectivity index (χ4n) is 2.61. The first-order valence-corrected chi connectivity index (χ1v) is 9.65. The van der Waals surface area contributed by atoms with Crippen molar-refractivity contribution < 1.29 is 17.6 Å². The Hall–Kier alpha value is -1.86. The van der Waals surface area contributed by atoms with E-state index in [1.165, 1.54) is 6.07 Å². The van der Waals surface area contributed by atoms with Crippen LogP contribution in [0.25, 0.3) is 11.0 Å². The summed E-state index contributed by atoms with van der Waals surface area (Å²) in [6.45, 7) is 4.08. The van der Waals surface area contributed by atoms with Crippen LogP contribution in [-0.4, -0.2) is 26.9 Å². The highest BCUT2D eigenvalue weighted by atomic mass is 32.2. The van der Waals surface area contributed by atoms with E-state index in [0.29, 0.717) is 18.5 Å². The molecule has 1 heterocycles. The molecule has 1 saturated carbocycles. The SMILES string of the molecule is CC(C)NS(=O)(=O)c1ccc2occ(CCNC(=O)C3CC3)c2c1. The van der Waals surface area contributed by atoms with Crippen LogP contribution in [0.3, 0.4) is 0 Å². The molecule has 2 aromatic rings. The lowest BCUT2D eigenvalue weighted by Crippen LogP contribution is -2.30. The van der Waals surface area contributed by atoms with Crippen molar-refractivity contribution in [1.82, 2.24) is 10.0 Å². The number of carbonyl (C=O) groups is 1. The summed E-state index contributed by atoms with van der Waals surface area (Å²) in [5.41, 5.74) is 1.53. The van der Waals surface area contributed by atoms with E-state index in [1.807, 2.05) is 0 Å². The molecular weight excluding hydrogens is 328 g/mol. The van der Waals surface area contributed by atoms with Crippen molar-refractivity contribution in [2.45, 2.75) is 44.0 Å². The number of furan rings is 1. The van der Waals surface area contributed by atoms with Gasteiger partial charge in [-0.25, -0.2) is 13.1 Å². The minimum Gasteiger partial charge on any atom is -0.464 e. The Morgan fingerprint density at radius 2 is 2.08 bits per heavy atom. The van der Waals surface area contributed by atoms with Crippen LogP contribution in [0.1, 0.15) is 32.3 Å². The van der Waals surface area contributed by atoms with E-state index in [9.17, 15) is 13.2 Å². The lowest BCUT2D eigenvalue weighted by Gasteiger charge is -2.09. The van der Waals surface area contributed by atoms with Crippen molar-refractivity contribution in [2.75, 3.05) is 6.54 Å². The van der Waals surface area contributed by atoms with Gasteiger partial charge in [0, 0.05) is 23.9 Å². The standard InChI is InChI=1S/C17H22N2O4S/c1-11(2)19-24(21,22)14-5-6-16-15(9-14)13(10-23-16)7-8-18-17(20)12-3-4-12/h5-6,9-12,19H,3-4,7-8H2,1-2H3,(H,18,20). The molecule has 0 radical (unpaired) electrons. The second-order valence-corrected chi connectivity index (χ2v) is 8.22. The number of amides is 1. The maximum absolute atomic E-state index is 12.3. The Morgan fingerprint density at radius 3 is 2.75 bits per heavy atom. The highest BCUT2D eigenvalue weighted by Crippen LogP contribution is 2.29. The van der Waals surface area contributed by atoms with Crippen molar-refractivity contribution >= 4 is 26.9 Å². The third-order valence-electron chi connectivity index (χ3n) is 3.97. The third kappa shape index (κ3) is 3.79. The first-order valence-electron chi connectivity index (χ1n) is 8.17. The summed E-state index contributed by atoms with van der Waals surface area (Å²) in [7, 11) is -3.54. The van der Waals surface area contributed by atoms with Gasteiger partial charge in [0.2, 0.25) is 15.9 Å². The molecule has 3 rings (SSSR count). The Morgan fingerprint density at radius 1 is 1.33 bits per heavy atom. The number of carbonyl (C=O) groups excluding carboxylic acids is 1. The predicted octanol–water partition coefficient (Wildman–Crippen LogP) is 2.19. The van der Waals surface area contributed by atoms with Crippen LogP contribution in [-0.2, 0) is 21.2 Å². The minimum absolute atomic E-state index is 0.104. The molecule has 1 aliphatic carbocycles. The average Bonchev–Trinajstić information content (AvgIpc) is 3.28. The van der Waals surface area contributed by atoms with Gasteiger partial charge < -0.3 is 9.73 Å². The second kappa shape index (κ2) is 6.57. The van der Waals surface area contributed by atoms with Gasteiger partial charge in [0.05, 0.1) is 11.2 Å². The smallest absolute Gasteiger partial charge is 0.240 e. The summed E-state index contributed by atoms with van der Waals surface area (Å²) in [6, 6.07) is 4.65. The molecule has 0 aliphatic heterocycles. The minimum atomic E-state index is -3.54. The molecule has 0 unspecified atom stereocenters. The number of hydrogen-bond acceptors (Lipinski definition) is 4. The van der Waals surface area contributed by atoms with E-state index in [1.54, 1.807) is 32.2 Å². The molecule has 1 aliphatic rings. The van der Waals surface area contributed by atoms with Crippen LogP contribution in [0.15, 0.2) is 33.8 Å². The Labute approximate surface area is 141 Å². The van der Waals surface area contributed by atoms with Crippen LogP contribution in [0.5, 0.6) is 0 Å². The predicted molar refractivity (Wildman–Crippen MR) is 91.1 cm³/mol. The topological polar surface area (TPSA) is 88.4 Å². The molecule has 1 aromatic carbocycles. The molecule has 0 atom stereocenters. The Kier molecular flexibility index (Phi) is 4.64. The highest BCUT2D eigenvalue weighted by Gasteiger charge is 2.29. The fraction of sp³-hybridized carbons (Fsp3) is 0.471. The van der Waals surface area contributed by atoms with Crippen molar-refractivity contribution in [1.29, 1.82) is 0 Å². The molecular formula is C17H22N2O4S. The maximum Gasteiger partial charge on any atom is 0.240 e. The van der Waals surface area contributed by atoms with Gasteiger partial charge in [-0.2, -0.15) is 0 Å². The van der Waals surface area contributed by atoms with Crippen LogP contribution >= 0.6 is 0 Å². The molecule has 2 N–H and O–H groups in total. The number of sulfonamides is 1. The van der Waals surface area contributed by atoms with Crippen molar-refractivity contribution in [3.63, 3.8) is 0 Å². The number of fused-ring (bicyclic) bond motifs is 1. The molecule has 0 spiro atoms. The summed E-state index contributed by atoms with van der Waals surface area (Å²) in [5.74, 6) is 0.289. The van der Waals surface area contributed by atoms with Crippen LogP contribution in [0, 0.1) is 5.92 Å². The molecule has 130 valence electrons. The first kappa shape index (κ1) is 17.0. The molecule has 6 nitrogen and oxygen atoms in total. The fourth-order valence-corrected chi connectivity index (χ4v) is 3.89. The van der Waals surface area contributed by atoms with Crippen LogP contribution < -0.4 is 10.0 Å². The number of hydrogen-bond donors (Lipinski definition) is 2. The molecule has 0 saturated heterocycles. The van der Waals surface area contributed by atoms with Gasteiger partial charge in [-0.05, 0) is 56.9 Å². The van der Waals surface area contributed by atoms with Crippen LogP contribution in [0.2, 0.25) is 0 Å². The third-order valence-corrected chi connectivity index (χ3v) is 5.62. The number of benzene rings is 1. The molecule has 1 fully saturated rings. The summed E-state index contributed by atoms with van der Waals surface area (Å²) in [4.78, 5) is 11.9. The van der Waals surface area contributed by atoms with E-state index < -0.39 is 10.0 Å². The monoisotopic (exact) mass is 350 g/mol. The molecule has 1 aromatic heterocycles. The van der Waals surface area contributed by atoms with Gasteiger partial charge >= 0.3 is 0 Å². The van der Waals surface area contributed by atoms with Crippen molar-refractivity contribution in [3.05, 3.63) is 30.0 Å². The van der Waals surface area contributed by atoms with E-state index in [2.05, 4.69) is 10.0 Å². The van der Waals surface area contributed by atoms with Gasteiger partial charge in [0.1, 0.15) is 5.58 Å².